The summed E-state index contributed by atoms with van der Waals surface area (Å²) in [5.41, 5.74) is 9.15. The van der Waals surface area contributed by atoms with Crippen LogP contribution in [0.25, 0.3) is 44.3 Å². The Kier molecular flexibility index (Phi) is 4.66. The molecule has 0 bridgehead atoms. The Hall–Kier alpha value is -3.39. The van der Waals surface area contributed by atoms with Gasteiger partial charge in [-0.1, -0.05) is 56.7 Å². The van der Waals surface area contributed by atoms with Crippen molar-refractivity contribution in [3.05, 3.63) is 90.1 Å². The van der Waals surface area contributed by atoms with E-state index >= 15 is 0 Å². The summed E-state index contributed by atoms with van der Waals surface area (Å²) in [5.74, 6) is 0. The third-order valence-electron chi connectivity index (χ3n) is 5.71. The van der Waals surface area contributed by atoms with Crippen molar-refractivity contribution in [1.82, 2.24) is 4.98 Å². The van der Waals surface area contributed by atoms with Gasteiger partial charge < -0.3 is 4.42 Å². The van der Waals surface area contributed by atoms with Crippen LogP contribution in [0.5, 0.6) is 0 Å². The molecule has 0 fully saturated rings. The maximum absolute atomic E-state index is 6.20. The molecule has 2 aromatic heterocycles. The highest BCUT2D eigenvalue weighted by Crippen LogP contribution is 2.35. The van der Waals surface area contributed by atoms with Gasteiger partial charge in [-0.3, -0.25) is 4.98 Å². The Morgan fingerprint density at radius 3 is 2.23 bits per heavy atom. The van der Waals surface area contributed by atoms with Crippen molar-refractivity contribution in [2.75, 3.05) is 0 Å². The van der Waals surface area contributed by atoms with E-state index in [0.717, 1.165) is 39.6 Å². The number of aromatic nitrogens is 1. The van der Waals surface area contributed by atoms with Crippen LogP contribution in [-0.4, -0.2) is 4.98 Å². The van der Waals surface area contributed by atoms with Gasteiger partial charge >= 0.3 is 0 Å². The molecular weight excluding hydrogens is 378 g/mol. The summed E-state index contributed by atoms with van der Waals surface area (Å²) in [6.07, 6.45) is 2.95. The summed E-state index contributed by atoms with van der Waals surface area (Å²) in [6.45, 7) is 8.91. The molecule has 0 saturated heterocycles. The number of benzene rings is 3. The highest BCUT2D eigenvalue weighted by Gasteiger charge is 2.14. The SMILES string of the molecule is Cc1ccc(-c2ccc3c(c2)oc2ccc(-c4cc(CC(C)(C)C)ccn4)cc23)cc1. The van der Waals surface area contributed by atoms with E-state index in [1.807, 2.05) is 6.20 Å². The molecule has 0 N–H and O–H groups in total. The molecule has 0 aliphatic rings. The summed E-state index contributed by atoms with van der Waals surface area (Å²) >= 11 is 0. The highest BCUT2D eigenvalue weighted by atomic mass is 16.3. The molecule has 0 atom stereocenters. The van der Waals surface area contributed by atoms with Crippen LogP contribution in [0.2, 0.25) is 0 Å². The van der Waals surface area contributed by atoms with Gasteiger partial charge in [-0.25, -0.2) is 0 Å². The first-order chi connectivity index (χ1) is 14.9. The number of furan rings is 1. The monoisotopic (exact) mass is 405 g/mol. The average Bonchev–Trinajstić information content (AvgIpc) is 3.10. The first-order valence-electron chi connectivity index (χ1n) is 10.8. The lowest BCUT2D eigenvalue weighted by atomic mass is 9.88. The number of aryl methyl sites for hydroxylation is 1. The molecule has 0 radical (unpaired) electrons. The number of hydrogen-bond acceptors (Lipinski definition) is 2. The van der Waals surface area contributed by atoms with E-state index in [2.05, 4.69) is 105 Å². The summed E-state index contributed by atoms with van der Waals surface area (Å²) in [5, 5.41) is 2.27. The molecule has 0 amide bonds. The quantitative estimate of drug-likeness (QED) is 0.302. The zero-order chi connectivity index (χ0) is 21.6. The van der Waals surface area contributed by atoms with Gasteiger partial charge in [-0.2, -0.15) is 0 Å². The topological polar surface area (TPSA) is 26.0 Å². The number of hydrogen-bond donors (Lipinski definition) is 0. The van der Waals surface area contributed by atoms with Crippen LogP contribution in [0.1, 0.15) is 31.9 Å². The second kappa shape index (κ2) is 7.39. The first-order valence-corrected chi connectivity index (χ1v) is 10.8. The smallest absolute Gasteiger partial charge is 0.136 e. The molecule has 0 aliphatic heterocycles. The second-order valence-electron chi connectivity index (χ2n) is 9.68. The Balaban J connectivity index is 1.56. The Bertz CT molecular complexity index is 1380. The fourth-order valence-corrected chi connectivity index (χ4v) is 4.22. The van der Waals surface area contributed by atoms with Gasteiger partial charge in [0.15, 0.2) is 0 Å². The van der Waals surface area contributed by atoms with Gasteiger partial charge in [-0.15, -0.1) is 0 Å². The number of rotatable bonds is 3. The molecule has 0 unspecified atom stereocenters. The van der Waals surface area contributed by atoms with Crippen molar-refractivity contribution < 1.29 is 4.42 Å². The molecule has 154 valence electrons. The van der Waals surface area contributed by atoms with Gasteiger partial charge in [-0.05, 0) is 77.9 Å². The lowest BCUT2D eigenvalue weighted by Crippen LogP contribution is -2.09. The van der Waals surface area contributed by atoms with Gasteiger partial charge in [0.2, 0.25) is 0 Å². The van der Waals surface area contributed by atoms with E-state index in [1.54, 1.807) is 0 Å². The molecule has 2 nitrogen and oxygen atoms in total. The fourth-order valence-electron chi connectivity index (χ4n) is 4.22. The van der Waals surface area contributed by atoms with Crippen LogP contribution in [0, 0.1) is 12.3 Å². The molecule has 2 heteroatoms. The van der Waals surface area contributed by atoms with E-state index in [4.69, 9.17) is 4.42 Å². The van der Waals surface area contributed by atoms with Crippen molar-refractivity contribution in [3.63, 3.8) is 0 Å². The van der Waals surface area contributed by atoms with Crippen LogP contribution in [0.3, 0.4) is 0 Å². The van der Waals surface area contributed by atoms with Gasteiger partial charge in [0.1, 0.15) is 11.2 Å². The van der Waals surface area contributed by atoms with Crippen LogP contribution >= 0.6 is 0 Å². The predicted molar refractivity (Wildman–Crippen MR) is 130 cm³/mol. The lowest BCUT2D eigenvalue weighted by Gasteiger charge is -2.18. The van der Waals surface area contributed by atoms with Gasteiger partial charge in [0.05, 0.1) is 5.69 Å². The molecular formula is C29H27NO. The molecule has 5 rings (SSSR count). The summed E-state index contributed by atoms with van der Waals surface area (Å²) < 4.78 is 6.20. The van der Waals surface area contributed by atoms with E-state index in [1.165, 1.54) is 22.3 Å². The van der Waals surface area contributed by atoms with Gasteiger partial charge in [0, 0.05) is 22.5 Å². The van der Waals surface area contributed by atoms with Crippen LogP contribution in [0.4, 0.5) is 0 Å². The van der Waals surface area contributed by atoms with Gasteiger partial charge in [0.25, 0.3) is 0 Å². The first kappa shape index (κ1) is 19.6. The number of pyridine rings is 1. The molecule has 5 aromatic rings. The predicted octanol–water partition coefficient (Wildman–Crippen LogP) is 8.21. The highest BCUT2D eigenvalue weighted by molar-refractivity contribution is 6.07. The maximum Gasteiger partial charge on any atom is 0.136 e. The number of fused-ring (bicyclic) bond motifs is 3. The minimum atomic E-state index is 0.249. The molecule has 0 saturated carbocycles. The summed E-state index contributed by atoms with van der Waals surface area (Å²) in [7, 11) is 0. The molecule has 2 heterocycles. The Morgan fingerprint density at radius 1 is 0.710 bits per heavy atom. The summed E-state index contributed by atoms with van der Waals surface area (Å²) in [4.78, 5) is 4.64. The third kappa shape index (κ3) is 3.98. The van der Waals surface area contributed by atoms with E-state index in [0.29, 0.717) is 0 Å². The molecule has 0 aliphatic carbocycles. The van der Waals surface area contributed by atoms with Crippen molar-refractivity contribution in [1.29, 1.82) is 0 Å². The molecule has 0 spiro atoms. The van der Waals surface area contributed by atoms with Crippen LogP contribution < -0.4 is 0 Å². The second-order valence-corrected chi connectivity index (χ2v) is 9.68. The van der Waals surface area contributed by atoms with Crippen molar-refractivity contribution >= 4 is 21.9 Å². The average molecular weight is 406 g/mol. The van der Waals surface area contributed by atoms with Crippen LogP contribution in [0.15, 0.2) is 83.4 Å². The van der Waals surface area contributed by atoms with Crippen molar-refractivity contribution in [2.45, 2.75) is 34.1 Å². The largest absolute Gasteiger partial charge is 0.456 e. The molecule has 31 heavy (non-hydrogen) atoms. The Morgan fingerprint density at radius 2 is 1.45 bits per heavy atom. The standard InChI is InChI=1S/C29H27NO/c1-19-5-7-21(8-6-19)22-9-11-24-25-16-23(10-12-27(25)31-28(24)17-22)26-15-20(13-14-30-26)18-29(2,3)4/h5-17H,18H2,1-4H3. The third-order valence-corrected chi connectivity index (χ3v) is 5.71. The van der Waals surface area contributed by atoms with Crippen LogP contribution in [-0.2, 0) is 6.42 Å². The maximum atomic E-state index is 6.20. The van der Waals surface area contributed by atoms with E-state index in [9.17, 15) is 0 Å². The van der Waals surface area contributed by atoms with E-state index < -0.39 is 0 Å². The minimum absolute atomic E-state index is 0.249. The van der Waals surface area contributed by atoms with E-state index in [-0.39, 0.29) is 5.41 Å². The fraction of sp³-hybridized carbons (Fsp3) is 0.207. The number of nitrogens with zero attached hydrogens (tertiary/aromatic N) is 1. The van der Waals surface area contributed by atoms with Crippen molar-refractivity contribution in [2.24, 2.45) is 5.41 Å². The summed E-state index contributed by atoms with van der Waals surface area (Å²) in [6, 6.07) is 25.8. The zero-order valence-electron chi connectivity index (χ0n) is 18.6. The normalized spacial score (nSPS) is 12.0. The lowest BCUT2D eigenvalue weighted by molar-refractivity contribution is 0.411. The minimum Gasteiger partial charge on any atom is -0.456 e. The Labute approximate surface area is 183 Å². The molecule has 3 aromatic carbocycles. The van der Waals surface area contributed by atoms with Crippen molar-refractivity contribution in [3.8, 4) is 22.4 Å². The zero-order valence-corrected chi connectivity index (χ0v) is 18.6.